The number of nitrogens with zero attached hydrogens (tertiary/aromatic N) is 2. The summed E-state index contributed by atoms with van der Waals surface area (Å²) >= 11 is 0. The fourth-order valence-corrected chi connectivity index (χ4v) is 3.80. The van der Waals surface area contributed by atoms with Crippen LogP contribution < -0.4 is 10.1 Å². The fourth-order valence-electron chi connectivity index (χ4n) is 3.80. The van der Waals surface area contributed by atoms with E-state index >= 15 is 0 Å². The normalized spacial score (nSPS) is 19.7. The maximum Gasteiger partial charge on any atom is 0.253 e. The Kier molecular flexibility index (Phi) is 7.05. The molecule has 5 nitrogen and oxygen atoms in total. The van der Waals surface area contributed by atoms with Crippen molar-refractivity contribution < 1.29 is 18.3 Å². The van der Waals surface area contributed by atoms with Gasteiger partial charge < -0.3 is 15.0 Å². The van der Waals surface area contributed by atoms with Gasteiger partial charge in [-0.25, -0.2) is 8.78 Å². The summed E-state index contributed by atoms with van der Waals surface area (Å²) in [5, 5.41) is 3.35. The monoisotopic (exact) mass is 423 g/mol. The Bertz CT molecular complexity index is 844. The topological polar surface area (TPSA) is 44.8 Å². The van der Waals surface area contributed by atoms with E-state index in [9.17, 15) is 13.6 Å². The highest BCUT2D eigenvalue weighted by Gasteiger charge is 2.31. The molecule has 0 aliphatic carbocycles. The zero-order chi connectivity index (χ0) is 19.5. The number of carbonyl (C=O) groups excluding carboxylic acids is 1. The zero-order valence-electron chi connectivity index (χ0n) is 15.9. The minimum Gasteiger partial charge on any atom is -0.454 e. The molecule has 2 aromatic rings. The highest BCUT2D eigenvalue weighted by molar-refractivity contribution is 5.94. The van der Waals surface area contributed by atoms with E-state index in [4.69, 9.17) is 4.74 Å². The third-order valence-electron chi connectivity index (χ3n) is 5.34. The third-order valence-corrected chi connectivity index (χ3v) is 5.34. The van der Waals surface area contributed by atoms with Crippen molar-refractivity contribution in [2.75, 3.05) is 39.3 Å². The summed E-state index contributed by atoms with van der Waals surface area (Å²) < 4.78 is 32.1. The van der Waals surface area contributed by atoms with E-state index < -0.39 is 11.6 Å². The summed E-state index contributed by atoms with van der Waals surface area (Å²) in [5.41, 5.74) is 0.577. The van der Waals surface area contributed by atoms with Gasteiger partial charge in [0, 0.05) is 56.9 Å². The van der Waals surface area contributed by atoms with Gasteiger partial charge in [0.25, 0.3) is 5.91 Å². The molecule has 2 aromatic carbocycles. The number of hydrogen-bond donors (Lipinski definition) is 1. The van der Waals surface area contributed by atoms with Crippen molar-refractivity contribution in [3.63, 3.8) is 0 Å². The van der Waals surface area contributed by atoms with Gasteiger partial charge in [0.2, 0.25) is 0 Å². The Morgan fingerprint density at radius 3 is 2.45 bits per heavy atom. The molecule has 29 heavy (non-hydrogen) atoms. The van der Waals surface area contributed by atoms with Crippen LogP contribution in [-0.4, -0.2) is 61.0 Å². The maximum atomic E-state index is 13.7. The average Bonchev–Trinajstić information content (AvgIpc) is 3.21. The average molecular weight is 424 g/mol. The first-order chi connectivity index (χ1) is 13.6. The number of likely N-dealkylation sites (tertiary alicyclic amines) is 1. The van der Waals surface area contributed by atoms with E-state index in [1.165, 1.54) is 6.07 Å². The van der Waals surface area contributed by atoms with E-state index in [1.54, 1.807) is 24.3 Å². The minimum absolute atomic E-state index is 0. The number of carbonyl (C=O) groups is 1. The van der Waals surface area contributed by atoms with Gasteiger partial charge in [-0.3, -0.25) is 9.69 Å². The number of rotatable bonds is 4. The van der Waals surface area contributed by atoms with Crippen LogP contribution in [0.15, 0.2) is 42.5 Å². The first-order valence-electron chi connectivity index (χ1n) is 9.57. The molecule has 0 radical (unpaired) electrons. The number of amides is 1. The van der Waals surface area contributed by atoms with Crippen molar-refractivity contribution in [2.45, 2.75) is 12.5 Å². The molecule has 1 N–H and O–H groups in total. The van der Waals surface area contributed by atoms with Crippen LogP contribution in [0.1, 0.15) is 16.8 Å². The van der Waals surface area contributed by atoms with Crippen molar-refractivity contribution in [1.82, 2.24) is 15.1 Å². The van der Waals surface area contributed by atoms with Crippen LogP contribution in [0.4, 0.5) is 8.78 Å². The van der Waals surface area contributed by atoms with Crippen LogP contribution in [0, 0.1) is 11.6 Å². The van der Waals surface area contributed by atoms with Gasteiger partial charge in [0.15, 0.2) is 11.6 Å². The zero-order valence-corrected chi connectivity index (χ0v) is 16.8. The molecule has 0 bridgehead atoms. The van der Waals surface area contributed by atoms with Gasteiger partial charge in [-0.1, -0.05) is 0 Å². The van der Waals surface area contributed by atoms with E-state index in [0.29, 0.717) is 17.4 Å². The van der Waals surface area contributed by atoms with Gasteiger partial charge in [-0.15, -0.1) is 12.4 Å². The summed E-state index contributed by atoms with van der Waals surface area (Å²) in [6.45, 7) is 5.56. The van der Waals surface area contributed by atoms with Crippen molar-refractivity contribution in [3.8, 4) is 11.5 Å². The molecule has 2 aliphatic heterocycles. The summed E-state index contributed by atoms with van der Waals surface area (Å²) in [4.78, 5) is 17.1. The molecule has 2 fully saturated rings. The summed E-state index contributed by atoms with van der Waals surface area (Å²) in [5.74, 6) is -1.09. The van der Waals surface area contributed by atoms with Crippen LogP contribution in [0.5, 0.6) is 11.5 Å². The molecule has 2 saturated heterocycles. The Hall–Kier alpha value is -2.22. The highest BCUT2D eigenvalue weighted by Crippen LogP contribution is 2.26. The molecule has 0 spiro atoms. The lowest BCUT2D eigenvalue weighted by Crippen LogP contribution is -2.49. The Morgan fingerprint density at radius 2 is 1.76 bits per heavy atom. The summed E-state index contributed by atoms with van der Waals surface area (Å²) in [7, 11) is 0. The molecule has 2 aliphatic rings. The van der Waals surface area contributed by atoms with E-state index in [-0.39, 0.29) is 24.1 Å². The molecular weight excluding hydrogens is 400 g/mol. The largest absolute Gasteiger partial charge is 0.454 e. The number of piperazine rings is 1. The molecule has 2 heterocycles. The Labute approximate surface area is 175 Å². The lowest BCUT2D eigenvalue weighted by atomic mass is 10.2. The Morgan fingerprint density at radius 1 is 1.03 bits per heavy atom. The van der Waals surface area contributed by atoms with Crippen molar-refractivity contribution in [3.05, 3.63) is 59.7 Å². The first kappa shape index (κ1) is 21.5. The van der Waals surface area contributed by atoms with Crippen LogP contribution in [-0.2, 0) is 0 Å². The van der Waals surface area contributed by atoms with E-state index in [2.05, 4.69) is 10.2 Å². The molecule has 1 unspecified atom stereocenters. The second kappa shape index (κ2) is 9.52. The molecule has 1 amide bonds. The minimum atomic E-state index is -0.767. The first-order valence-corrected chi connectivity index (χ1v) is 9.57. The molecular formula is C21H24ClF2N3O2. The lowest BCUT2D eigenvalue weighted by molar-refractivity contribution is 0.0773. The smallest absolute Gasteiger partial charge is 0.253 e. The lowest BCUT2D eigenvalue weighted by Gasteiger charge is -2.32. The molecule has 0 saturated carbocycles. The van der Waals surface area contributed by atoms with E-state index in [0.717, 1.165) is 57.8 Å². The van der Waals surface area contributed by atoms with Gasteiger partial charge in [-0.05, 0) is 42.8 Å². The predicted octanol–water partition coefficient (Wildman–Crippen LogP) is 3.30. The van der Waals surface area contributed by atoms with Gasteiger partial charge >= 0.3 is 0 Å². The predicted molar refractivity (Wildman–Crippen MR) is 109 cm³/mol. The molecule has 1 atom stereocenters. The molecule has 0 aromatic heterocycles. The quantitative estimate of drug-likeness (QED) is 0.819. The van der Waals surface area contributed by atoms with Crippen LogP contribution in [0.3, 0.4) is 0 Å². The third kappa shape index (κ3) is 5.04. The van der Waals surface area contributed by atoms with E-state index in [1.807, 2.05) is 4.90 Å². The second-order valence-corrected chi connectivity index (χ2v) is 7.18. The summed E-state index contributed by atoms with van der Waals surface area (Å²) in [6.07, 6.45) is 0.997. The van der Waals surface area contributed by atoms with Gasteiger partial charge in [0.05, 0.1) is 0 Å². The van der Waals surface area contributed by atoms with Gasteiger partial charge in [0.1, 0.15) is 11.6 Å². The number of nitrogens with one attached hydrogen (secondary N) is 1. The summed E-state index contributed by atoms with van der Waals surface area (Å²) in [6, 6.07) is 10.2. The molecule has 4 rings (SSSR count). The van der Waals surface area contributed by atoms with Crippen LogP contribution in [0.2, 0.25) is 0 Å². The number of benzene rings is 2. The number of hydrogen-bond acceptors (Lipinski definition) is 4. The van der Waals surface area contributed by atoms with Gasteiger partial charge in [-0.2, -0.15) is 0 Å². The number of halogens is 3. The highest BCUT2D eigenvalue weighted by atomic mass is 35.5. The molecule has 156 valence electrons. The maximum absolute atomic E-state index is 13.7. The van der Waals surface area contributed by atoms with Crippen molar-refractivity contribution >= 4 is 18.3 Å². The molecule has 8 heteroatoms. The SMILES string of the molecule is Cl.O=C(c1ccc(Oc2ccc(F)cc2F)cc1)N1CCC(N2CCNCC2)C1. The van der Waals surface area contributed by atoms with Crippen LogP contribution >= 0.6 is 12.4 Å². The van der Waals surface area contributed by atoms with Crippen LogP contribution in [0.25, 0.3) is 0 Å². The Balaban J connectivity index is 0.00000240. The standard InChI is InChI=1S/C21H23F2N3O2.ClH/c22-16-3-6-20(19(23)13-16)28-18-4-1-15(2-5-18)21(27)26-10-7-17(14-26)25-11-8-24-9-12-25;/h1-6,13,17,24H,7-12,14H2;1H. The van der Waals surface area contributed by atoms with Crippen molar-refractivity contribution in [2.24, 2.45) is 0 Å². The second-order valence-electron chi connectivity index (χ2n) is 7.18. The van der Waals surface area contributed by atoms with Crippen molar-refractivity contribution in [1.29, 1.82) is 0 Å². The fraction of sp³-hybridized carbons (Fsp3) is 0.381. The number of ether oxygens (including phenoxy) is 1.